The topological polar surface area (TPSA) is 12.9 Å². The SMILES string of the molecule is Cc1ccccn1.[Ti]. The maximum Gasteiger partial charge on any atom is 0.0372 e. The molecule has 1 rings (SSSR count). The van der Waals surface area contributed by atoms with Gasteiger partial charge in [-0.25, -0.2) is 0 Å². The Hall–Kier alpha value is -0.136. The van der Waals surface area contributed by atoms with Crippen molar-refractivity contribution in [3.8, 4) is 0 Å². The molecule has 0 radical (unpaired) electrons. The molecule has 8 heavy (non-hydrogen) atoms. The molecule has 0 saturated carbocycles. The molecule has 1 aromatic heterocycles. The summed E-state index contributed by atoms with van der Waals surface area (Å²) in [5.74, 6) is 0. The van der Waals surface area contributed by atoms with Crippen molar-refractivity contribution >= 4 is 0 Å². The fourth-order valence-corrected chi connectivity index (χ4v) is 0.448. The van der Waals surface area contributed by atoms with E-state index in [2.05, 4.69) is 4.98 Å². The second-order valence-corrected chi connectivity index (χ2v) is 1.47. The van der Waals surface area contributed by atoms with Crippen LogP contribution in [0.3, 0.4) is 0 Å². The normalized spacial score (nSPS) is 7.62. The van der Waals surface area contributed by atoms with Crippen LogP contribution in [0, 0.1) is 6.92 Å². The van der Waals surface area contributed by atoms with Crippen LogP contribution >= 0.6 is 0 Å². The Morgan fingerprint density at radius 2 is 2.12 bits per heavy atom. The molecule has 1 aromatic rings. The minimum atomic E-state index is 0. The van der Waals surface area contributed by atoms with Crippen molar-refractivity contribution in [2.45, 2.75) is 6.92 Å². The van der Waals surface area contributed by atoms with E-state index in [1.165, 1.54) is 0 Å². The van der Waals surface area contributed by atoms with Crippen molar-refractivity contribution in [1.82, 2.24) is 4.98 Å². The molecule has 40 valence electrons. The first-order valence-electron chi connectivity index (χ1n) is 2.27. The van der Waals surface area contributed by atoms with Crippen LogP contribution in [-0.4, -0.2) is 4.98 Å². The van der Waals surface area contributed by atoms with Crippen LogP contribution < -0.4 is 0 Å². The summed E-state index contributed by atoms with van der Waals surface area (Å²) in [5.41, 5.74) is 1.07. The number of rotatable bonds is 0. The average molecular weight is 141 g/mol. The molecule has 0 saturated heterocycles. The molecular formula is C6H7NTi. The van der Waals surface area contributed by atoms with Crippen LogP contribution in [0.15, 0.2) is 24.4 Å². The Kier molecular flexibility index (Phi) is 3.75. The summed E-state index contributed by atoms with van der Waals surface area (Å²) in [7, 11) is 0. The third-order valence-corrected chi connectivity index (χ3v) is 0.813. The Bertz CT molecular complexity index is 138. The fraction of sp³-hybridized carbons (Fsp3) is 0.167. The molecule has 1 heterocycles. The fourth-order valence-electron chi connectivity index (χ4n) is 0.448. The van der Waals surface area contributed by atoms with Crippen molar-refractivity contribution in [3.05, 3.63) is 30.1 Å². The molecule has 0 aliphatic rings. The summed E-state index contributed by atoms with van der Waals surface area (Å²) < 4.78 is 0. The van der Waals surface area contributed by atoms with Crippen molar-refractivity contribution in [2.75, 3.05) is 0 Å². The maximum absolute atomic E-state index is 3.98. The van der Waals surface area contributed by atoms with Crippen molar-refractivity contribution in [3.63, 3.8) is 0 Å². The molecule has 0 aliphatic carbocycles. The van der Waals surface area contributed by atoms with Crippen LogP contribution in [-0.2, 0) is 21.7 Å². The van der Waals surface area contributed by atoms with Crippen molar-refractivity contribution in [1.29, 1.82) is 0 Å². The maximum atomic E-state index is 3.98. The predicted octanol–water partition coefficient (Wildman–Crippen LogP) is 1.39. The molecule has 0 amide bonds. The molecule has 0 unspecified atom stereocenters. The number of pyridine rings is 1. The zero-order valence-corrected chi connectivity index (χ0v) is 6.32. The van der Waals surface area contributed by atoms with Crippen molar-refractivity contribution < 1.29 is 21.7 Å². The number of hydrogen-bond donors (Lipinski definition) is 0. The van der Waals surface area contributed by atoms with E-state index in [4.69, 9.17) is 0 Å². The Labute approximate surface area is 64.0 Å². The molecule has 0 bridgehead atoms. The van der Waals surface area contributed by atoms with Gasteiger partial charge in [0.25, 0.3) is 0 Å². The zero-order chi connectivity index (χ0) is 5.11. The quantitative estimate of drug-likeness (QED) is 0.497. The smallest absolute Gasteiger partial charge is 0.0372 e. The van der Waals surface area contributed by atoms with Gasteiger partial charge in [0.2, 0.25) is 0 Å². The largest absolute Gasteiger partial charge is 0.262 e. The van der Waals surface area contributed by atoms with Gasteiger partial charge in [0, 0.05) is 33.6 Å². The molecule has 0 N–H and O–H groups in total. The van der Waals surface area contributed by atoms with Crippen LogP contribution in [0.1, 0.15) is 5.69 Å². The molecule has 1 nitrogen and oxygen atoms in total. The molecule has 0 aromatic carbocycles. The first kappa shape index (κ1) is 7.86. The van der Waals surface area contributed by atoms with E-state index in [1.54, 1.807) is 6.20 Å². The zero-order valence-electron chi connectivity index (χ0n) is 4.76. The van der Waals surface area contributed by atoms with E-state index in [-0.39, 0.29) is 21.7 Å². The van der Waals surface area contributed by atoms with Crippen molar-refractivity contribution in [2.24, 2.45) is 0 Å². The van der Waals surface area contributed by atoms with Gasteiger partial charge in [0.15, 0.2) is 0 Å². The summed E-state index contributed by atoms with van der Waals surface area (Å²) in [6.45, 7) is 1.97. The first-order valence-corrected chi connectivity index (χ1v) is 2.27. The molecule has 0 fully saturated rings. The number of nitrogens with zero attached hydrogens (tertiary/aromatic N) is 1. The van der Waals surface area contributed by atoms with Crippen LogP contribution in [0.5, 0.6) is 0 Å². The number of aromatic nitrogens is 1. The molecule has 0 aliphatic heterocycles. The third kappa shape index (κ3) is 2.24. The van der Waals surface area contributed by atoms with E-state index in [0.717, 1.165) is 5.69 Å². The Morgan fingerprint density at radius 1 is 1.38 bits per heavy atom. The van der Waals surface area contributed by atoms with Gasteiger partial charge in [-0.05, 0) is 19.1 Å². The average Bonchev–Trinajstić information content (AvgIpc) is 1.69. The standard InChI is InChI=1S/C6H7N.Ti/c1-6-4-2-3-5-7-6;/h2-5H,1H3;. The molecular weight excluding hydrogens is 134 g/mol. The van der Waals surface area contributed by atoms with E-state index in [0.29, 0.717) is 0 Å². The first-order chi connectivity index (χ1) is 3.39. The summed E-state index contributed by atoms with van der Waals surface area (Å²) in [5, 5.41) is 0. The Balaban J connectivity index is 0.000000490. The Morgan fingerprint density at radius 3 is 2.38 bits per heavy atom. The van der Waals surface area contributed by atoms with E-state index in [1.807, 2.05) is 25.1 Å². The number of aryl methyl sites for hydroxylation is 1. The summed E-state index contributed by atoms with van der Waals surface area (Å²) in [6.07, 6.45) is 1.79. The summed E-state index contributed by atoms with van der Waals surface area (Å²) in [4.78, 5) is 3.98. The van der Waals surface area contributed by atoms with Gasteiger partial charge in [-0.15, -0.1) is 0 Å². The predicted molar refractivity (Wildman–Crippen MR) is 29.0 cm³/mol. The van der Waals surface area contributed by atoms with Gasteiger partial charge < -0.3 is 0 Å². The van der Waals surface area contributed by atoms with Crippen LogP contribution in [0.2, 0.25) is 0 Å². The van der Waals surface area contributed by atoms with E-state index >= 15 is 0 Å². The van der Waals surface area contributed by atoms with Crippen LogP contribution in [0.4, 0.5) is 0 Å². The minimum absolute atomic E-state index is 0. The van der Waals surface area contributed by atoms with E-state index < -0.39 is 0 Å². The van der Waals surface area contributed by atoms with Gasteiger partial charge >= 0.3 is 0 Å². The van der Waals surface area contributed by atoms with Gasteiger partial charge in [-0.1, -0.05) is 6.07 Å². The van der Waals surface area contributed by atoms with Gasteiger partial charge in [-0.3, -0.25) is 4.98 Å². The van der Waals surface area contributed by atoms with Gasteiger partial charge in [0.1, 0.15) is 0 Å². The summed E-state index contributed by atoms with van der Waals surface area (Å²) in [6, 6.07) is 5.86. The monoisotopic (exact) mass is 141 g/mol. The van der Waals surface area contributed by atoms with Crippen LogP contribution in [0.25, 0.3) is 0 Å². The summed E-state index contributed by atoms with van der Waals surface area (Å²) >= 11 is 0. The second kappa shape index (κ2) is 3.82. The van der Waals surface area contributed by atoms with E-state index in [9.17, 15) is 0 Å². The second-order valence-electron chi connectivity index (χ2n) is 1.47. The third-order valence-electron chi connectivity index (χ3n) is 0.813. The molecule has 0 atom stereocenters. The molecule has 0 spiro atoms. The molecule has 2 heteroatoms. The van der Waals surface area contributed by atoms with Gasteiger partial charge in [0.05, 0.1) is 0 Å². The number of hydrogen-bond acceptors (Lipinski definition) is 1. The minimum Gasteiger partial charge on any atom is -0.262 e. The van der Waals surface area contributed by atoms with Gasteiger partial charge in [-0.2, -0.15) is 0 Å².